The lowest BCUT2D eigenvalue weighted by Crippen LogP contribution is -2.40. The van der Waals surface area contributed by atoms with E-state index < -0.39 is 48.2 Å². The van der Waals surface area contributed by atoms with Crippen molar-refractivity contribution >= 4 is 82.7 Å². The highest BCUT2D eigenvalue weighted by molar-refractivity contribution is 8.00. The number of hydrogen-bond acceptors (Lipinski definition) is 20. The summed E-state index contributed by atoms with van der Waals surface area (Å²) in [5.74, 6) is 0.907. The summed E-state index contributed by atoms with van der Waals surface area (Å²) in [5.41, 5.74) is 11.9. The number of aliphatic carboxylic acids is 2. The van der Waals surface area contributed by atoms with Crippen LogP contribution in [0.4, 0.5) is 10.5 Å². The van der Waals surface area contributed by atoms with Crippen molar-refractivity contribution in [2.75, 3.05) is 82.7 Å². The van der Waals surface area contributed by atoms with E-state index in [4.69, 9.17) is 36.8 Å². The average molecular weight is 1180 g/mol. The monoisotopic (exact) mass is 1170 g/mol. The van der Waals surface area contributed by atoms with Gasteiger partial charge in [-0.3, -0.25) is 19.2 Å². The largest absolute Gasteiger partial charge is 0.480 e. The van der Waals surface area contributed by atoms with Gasteiger partial charge in [-0.25, -0.2) is 24.4 Å². The fourth-order valence-corrected chi connectivity index (χ4v) is 12.5. The van der Waals surface area contributed by atoms with Gasteiger partial charge in [-0.05, 0) is 82.4 Å². The predicted octanol–water partition coefficient (Wildman–Crippen LogP) is 0.817. The fourth-order valence-electron chi connectivity index (χ4n) is 9.44. The summed E-state index contributed by atoms with van der Waals surface area (Å²) < 4.78 is 21.3. The van der Waals surface area contributed by atoms with E-state index in [0.717, 1.165) is 37.2 Å². The molecule has 4 heterocycles. The SMILES string of the molecule is C#CCOC(O)CCOCCOCCOCCNC(=O)Nc1cc(C(=O)NCCCCC(NC(=O)CCCCC2SCC3NC(N)=NC32)C(=O)O)cc(C(=O)NCCCCC(NC(=O)CCCCC2SCC3NC(N)=NC32)C(=O)O)c1. The molecular formula is C53H82N12O14S2. The van der Waals surface area contributed by atoms with Gasteiger partial charge in [0.25, 0.3) is 11.8 Å². The second-order valence-corrected chi connectivity index (χ2v) is 22.5. The molecule has 2 fully saturated rings. The zero-order valence-corrected chi connectivity index (χ0v) is 47.4. The number of nitrogens with two attached hydrogens (primary N) is 2. The number of rotatable bonds is 41. The predicted molar refractivity (Wildman–Crippen MR) is 307 cm³/mol. The molecule has 4 aliphatic heterocycles. The smallest absolute Gasteiger partial charge is 0.326 e. The number of ether oxygens (including phenoxy) is 4. The van der Waals surface area contributed by atoms with Crippen LogP contribution >= 0.6 is 23.5 Å². The average Bonchev–Trinajstić information content (AvgIpc) is 4.29. The van der Waals surface area contributed by atoms with Gasteiger partial charge in [0, 0.05) is 77.7 Å². The normalized spacial score (nSPS) is 20.6. The first-order valence-electron chi connectivity index (χ1n) is 27.8. The minimum atomic E-state index is -1.16. The number of terminal acetylenes is 1. The van der Waals surface area contributed by atoms with Crippen molar-refractivity contribution in [2.45, 2.75) is 149 Å². The van der Waals surface area contributed by atoms with E-state index in [-0.39, 0.29) is 138 Å². The number of thioether (sulfide) groups is 2. The number of carbonyl (C=O) groups is 7. The Kier molecular flexibility index (Phi) is 29.5. The lowest BCUT2D eigenvalue weighted by atomic mass is 10.0. The Morgan fingerprint density at radius 3 is 1.60 bits per heavy atom. The first kappa shape index (κ1) is 65.7. The number of nitrogens with zero attached hydrogens (tertiary/aromatic N) is 2. The van der Waals surface area contributed by atoms with Gasteiger partial charge in [0.15, 0.2) is 18.2 Å². The van der Waals surface area contributed by atoms with E-state index in [1.165, 1.54) is 18.2 Å². The third-order valence-electron chi connectivity index (χ3n) is 13.6. The molecule has 1 aromatic carbocycles. The fraction of sp³-hybridized carbons (Fsp3) is 0.679. The molecule has 9 atom stereocenters. The van der Waals surface area contributed by atoms with Gasteiger partial charge in [0.2, 0.25) is 11.8 Å². The van der Waals surface area contributed by atoms with Crippen molar-refractivity contribution in [1.82, 2.24) is 37.2 Å². The van der Waals surface area contributed by atoms with E-state index in [1.54, 1.807) is 0 Å². The molecule has 0 bridgehead atoms. The van der Waals surface area contributed by atoms with E-state index in [2.05, 4.69) is 58.4 Å². The topological polar surface area (TPSA) is 390 Å². The molecule has 1 aromatic rings. The van der Waals surface area contributed by atoms with Gasteiger partial charge in [-0.1, -0.05) is 18.8 Å². The molecule has 0 aliphatic carbocycles. The number of carboxylic acids is 2. The van der Waals surface area contributed by atoms with Crippen molar-refractivity contribution in [3.05, 3.63) is 29.3 Å². The minimum Gasteiger partial charge on any atom is -0.480 e. The number of guanidine groups is 2. The van der Waals surface area contributed by atoms with Crippen LogP contribution in [0.15, 0.2) is 28.2 Å². The molecular weight excluding hydrogens is 1090 g/mol. The number of unbranched alkanes of at least 4 members (excludes halogenated alkanes) is 4. The van der Waals surface area contributed by atoms with Crippen LogP contribution in [0.1, 0.15) is 117 Å². The van der Waals surface area contributed by atoms with E-state index in [1.807, 2.05) is 23.5 Å². The zero-order valence-electron chi connectivity index (χ0n) is 45.8. The Morgan fingerprint density at radius 1 is 0.642 bits per heavy atom. The second-order valence-electron chi connectivity index (χ2n) is 19.9. The van der Waals surface area contributed by atoms with E-state index >= 15 is 0 Å². The van der Waals surface area contributed by atoms with Crippen molar-refractivity contribution in [2.24, 2.45) is 21.5 Å². The number of anilines is 1. The van der Waals surface area contributed by atoms with Crippen LogP contribution in [-0.4, -0.2) is 199 Å². The van der Waals surface area contributed by atoms with E-state index in [0.29, 0.717) is 74.2 Å². The molecule has 9 unspecified atom stereocenters. The maximum atomic E-state index is 13.5. The van der Waals surface area contributed by atoms with Crippen LogP contribution in [0, 0.1) is 12.3 Å². The van der Waals surface area contributed by atoms with Crippen LogP contribution in [0.3, 0.4) is 0 Å². The van der Waals surface area contributed by atoms with Crippen molar-refractivity contribution < 1.29 is 67.8 Å². The first-order valence-corrected chi connectivity index (χ1v) is 29.9. The van der Waals surface area contributed by atoms with Gasteiger partial charge in [0.1, 0.15) is 18.7 Å². The lowest BCUT2D eigenvalue weighted by Gasteiger charge is -2.16. The third kappa shape index (κ3) is 24.5. The number of aliphatic hydroxyl groups is 1. The molecule has 0 spiro atoms. The number of carbonyl (C=O) groups excluding carboxylic acids is 5. The highest BCUT2D eigenvalue weighted by atomic mass is 32.2. The Labute approximate surface area is 481 Å². The summed E-state index contributed by atoms with van der Waals surface area (Å²) in [6.07, 6.45) is 11.0. The van der Waals surface area contributed by atoms with Gasteiger partial charge in [-0.2, -0.15) is 23.5 Å². The van der Waals surface area contributed by atoms with Crippen LogP contribution in [0.25, 0.3) is 0 Å². The maximum Gasteiger partial charge on any atom is 0.326 e. The number of amides is 6. The molecule has 4 aliphatic rings. The minimum absolute atomic E-state index is 0.00877. The standard InChI is InChI=1S/C53H82N12O14S2/c1-2-21-79-44(68)17-22-76-24-26-78-27-25-77-23-20-58-53(75)59-35-29-33(47(69)56-18-9-7-11-36(49(71)72)60-42(66)15-5-3-13-40-45-38(31-80-40)62-51(54)64-45)28-34(30-35)48(70)57-19-10-8-12-37(50(73)74)61-43(67)16-6-4-14-41-46-39(32-81-41)63-52(55)65-46/h1,28-30,36-41,44-46,68H,3-27,31-32H2,(H,56,69)(H,57,70)(H,60,66)(H,61,67)(H,71,72)(H,73,74)(H3,54,62,64)(H3,55,63,65)(H2,58,59,75). The molecule has 6 amide bonds. The summed E-state index contributed by atoms with van der Waals surface area (Å²) in [7, 11) is 0. The summed E-state index contributed by atoms with van der Waals surface area (Å²) in [4.78, 5) is 98.5. The van der Waals surface area contributed by atoms with Gasteiger partial charge >= 0.3 is 18.0 Å². The van der Waals surface area contributed by atoms with E-state index in [9.17, 15) is 48.9 Å². The molecule has 81 heavy (non-hydrogen) atoms. The molecule has 5 rings (SSSR count). The molecule has 450 valence electrons. The Hall–Kier alpha value is -6.09. The highest BCUT2D eigenvalue weighted by Gasteiger charge is 2.41. The summed E-state index contributed by atoms with van der Waals surface area (Å²) >= 11 is 3.68. The highest BCUT2D eigenvalue weighted by Crippen LogP contribution is 2.36. The van der Waals surface area contributed by atoms with Gasteiger partial charge in [0.05, 0.1) is 63.8 Å². The number of carboxylic acid groups (broad SMARTS) is 2. The molecule has 0 aromatic heterocycles. The van der Waals surface area contributed by atoms with Gasteiger partial charge in [-0.15, -0.1) is 6.42 Å². The number of aliphatic hydroxyl groups excluding tert-OH is 1. The van der Waals surface area contributed by atoms with Crippen molar-refractivity contribution in [3.8, 4) is 12.3 Å². The Balaban J connectivity index is 1.03. The zero-order chi connectivity index (χ0) is 58.4. The summed E-state index contributed by atoms with van der Waals surface area (Å²) in [6, 6.07) is 2.07. The maximum absolute atomic E-state index is 13.5. The molecule has 0 saturated carbocycles. The lowest BCUT2D eigenvalue weighted by molar-refractivity contribution is -0.142. The Bertz CT molecular complexity index is 2210. The van der Waals surface area contributed by atoms with Gasteiger partial charge < -0.3 is 88.3 Å². The van der Waals surface area contributed by atoms with Crippen LogP contribution in [0.5, 0.6) is 0 Å². The summed E-state index contributed by atoms with van der Waals surface area (Å²) in [6.45, 7) is 1.93. The van der Waals surface area contributed by atoms with Crippen LogP contribution in [-0.2, 0) is 38.1 Å². The molecule has 2 saturated heterocycles. The number of fused-ring (bicyclic) bond motifs is 2. The molecule has 0 radical (unpaired) electrons. The first-order chi connectivity index (χ1) is 39.1. The molecule has 28 heteroatoms. The van der Waals surface area contributed by atoms with Crippen LogP contribution in [0.2, 0.25) is 0 Å². The quantitative estimate of drug-likeness (QED) is 0.0245. The number of hydrogen-bond donors (Lipinski definition) is 13. The molecule has 15 N–H and O–H groups in total. The number of urea groups is 1. The summed E-state index contributed by atoms with van der Waals surface area (Å²) in [5, 5.41) is 52.4. The Morgan fingerprint density at radius 2 is 1.12 bits per heavy atom. The molecule has 26 nitrogen and oxygen atoms in total. The number of nitrogens with one attached hydrogen (secondary N) is 8. The van der Waals surface area contributed by atoms with Crippen molar-refractivity contribution in [3.63, 3.8) is 0 Å². The number of benzene rings is 1. The van der Waals surface area contributed by atoms with Crippen molar-refractivity contribution in [1.29, 1.82) is 0 Å². The van der Waals surface area contributed by atoms with Crippen LogP contribution < -0.4 is 54.0 Å². The third-order valence-corrected chi connectivity index (χ3v) is 16.6. The second kappa shape index (κ2) is 36.4. The number of aliphatic imine (C=N–C) groups is 2.